The van der Waals surface area contributed by atoms with Crippen LogP contribution in [0.15, 0.2) is 24.3 Å². The van der Waals surface area contributed by atoms with E-state index in [1.165, 1.54) is 11.1 Å². The van der Waals surface area contributed by atoms with Gasteiger partial charge < -0.3 is 11.1 Å². The molecule has 3 N–H and O–H groups in total. The maximum absolute atomic E-state index is 10.9. The fraction of sp³-hybridized carbons (Fsp3) is 0.500. The second-order valence-electron chi connectivity index (χ2n) is 4.55. The maximum Gasteiger partial charge on any atom is 0.233 e. The lowest BCUT2D eigenvalue weighted by Gasteiger charge is -2.07. The zero-order valence-electron chi connectivity index (χ0n) is 11.1. The van der Waals surface area contributed by atoms with Crippen LogP contribution in [0, 0.1) is 0 Å². The van der Waals surface area contributed by atoms with Crippen molar-refractivity contribution in [3.05, 3.63) is 35.4 Å². The molecule has 0 aliphatic rings. The van der Waals surface area contributed by atoms with E-state index < -0.39 is 0 Å². The fourth-order valence-corrected chi connectivity index (χ4v) is 1.66. The molecular formula is C14H23ClN2O. The van der Waals surface area contributed by atoms with Crippen LogP contribution in [0.2, 0.25) is 0 Å². The number of benzene rings is 1. The normalized spacial score (nSPS) is 10.0. The first kappa shape index (κ1) is 16.9. The third-order valence-corrected chi connectivity index (χ3v) is 2.80. The second-order valence-corrected chi connectivity index (χ2v) is 4.55. The first-order chi connectivity index (χ1) is 8.13. The Morgan fingerprint density at radius 1 is 1.28 bits per heavy atom. The first-order valence-corrected chi connectivity index (χ1v) is 6.19. The minimum Gasteiger partial charge on any atom is -0.355 e. The number of carbonyl (C=O) groups is 1. The molecule has 1 aromatic rings. The van der Waals surface area contributed by atoms with Crippen LogP contribution in [0.5, 0.6) is 0 Å². The minimum atomic E-state index is -0.0832. The molecule has 3 nitrogen and oxygen atoms in total. The fourth-order valence-electron chi connectivity index (χ4n) is 1.66. The van der Waals surface area contributed by atoms with Crippen molar-refractivity contribution < 1.29 is 4.79 Å². The smallest absolute Gasteiger partial charge is 0.233 e. The van der Waals surface area contributed by atoms with Crippen LogP contribution in [0.3, 0.4) is 0 Å². The standard InChI is InChI=1S/C14H22N2O.ClH/c1-11(2)13-7-5-12(6-8-13)4-3-9-16-14(17)10-15;/h5-8,11H,3-4,9-10,15H2,1-2H3,(H,16,17);1H. The van der Waals surface area contributed by atoms with Crippen molar-refractivity contribution in [2.45, 2.75) is 32.6 Å². The van der Waals surface area contributed by atoms with Gasteiger partial charge in [-0.2, -0.15) is 0 Å². The van der Waals surface area contributed by atoms with Crippen molar-refractivity contribution in [1.29, 1.82) is 0 Å². The summed E-state index contributed by atoms with van der Waals surface area (Å²) in [5.74, 6) is 0.494. The molecule has 0 atom stereocenters. The molecule has 0 saturated heterocycles. The van der Waals surface area contributed by atoms with Gasteiger partial charge in [-0.1, -0.05) is 38.1 Å². The number of carbonyl (C=O) groups excluding carboxylic acids is 1. The quantitative estimate of drug-likeness (QED) is 0.779. The highest BCUT2D eigenvalue weighted by molar-refractivity contribution is 5.85. The van der Waals surface area contributed by atoms with Gasteiger partial charge in [-0.05, 0) is 29.9 Å². The number of nitrogens with two attached hydrogens (primary N) is 1. The van der Waals surface area contributed by atoms with Crippen molar-refractivity contribution >= 4 is 18.3 Å². The van der Waals surface area contributed by atoms with E-state index in [0.717, 1.165) is 12.8 Å². The van der Waals surface area contributed by atoms with Gasteiger partial charge in [-0.25, -0.2) is 0 Å². The molecule has 102 valence electrons. The number of hydrogen-bond acceptors (Lipinski definition) is 2. The molecule has 1 aromatic carbocycles. The van der Waals surface area contributed by atoms with Crippen LogP contribution in [0.4, 0.5) is 0 Å². The Morgan fingerprint density at radius 3 is 2.39 bits per heavy atom. The van der Waals surface area contributed by atoms with Gasteiger partial charge in [0.1, 0.15) is 0 Å². The van der Waals surface area contributed by atoms with E-state index >= 15 is 0 Å². The van der Waals surface area contributed by atoms with E-state index in [9.17, 15) is 4.79 Å². The topological polar surface area (TPSA) is 55.1 Å². The molecule has 0 aromatic heterocycles. The van der Waals surface area contributed by atoms with E-state index in [2.05, 4.69) is 43.4 Å². The van der Waals surface area contributed by atoms with Gasteiger partial charge in [0.2, 0.25) is 5.91 Å². The third-order valence-electron chi connectivity index (χ3n) is 2.80. The second kappa shape index (κ2) is 8.95. The molecular weight excluding hydrogens is 248 g/mol. The number of amides is 1. The number of halogens is 1. The van der Waals surface area contributed by atoms with E-state index in [-0.39, 0.29) is 24.9 Å². The summed E-state index contributed by atoms with van der Waals surface area (Å²) < 4.78 is 0. The number of rotatable bonds is 6. The van der Waals surface area contributed by atoms with Gasteiger partial charge in [0.25, 0.3) is 0 Å². The first-order valence-electron chi connectivity index (χ1n) is 6.19. The summed E-state index contributed by atoms with van der Waals surface area (Å²) in [6.07, 6.45) is 1.94. The zero-order chi connectivity index (χ0) is 12.7. The Bertz CT molecular complexity index is 349. The van der Waals surface area contributed by atoms with Crippen molar-refractivity contribution in [1.82, 2.24) is 5.32 Å². The van der Waals surface area contributed by atoms with Gasteiger partial charge >= 0.3 is 0 Å². The average Bonchev–Trinajstić information content (AvgIpc) is 2.34. The molecule has 0 heterocycles. The summed E-state index contributed by atoms with van der Waals surface area (Å²) in [4.78, 5) is 10.9. The molecule has 0 bridgehead atoms. The van der Waals surface area contributed by atoms with Gasteiger partial charge in [-0.3, -0.25) is 4.79 Å². The highest BCUT2D eigenvalue weighted by Crippen LogP contribution is 2.15. The lowest BCUT2D eigenvalue weighted by atomic mass is 10.0. The molecule has 0 aliphatic carbocycles. The summed E-state index contributed by atoms with van der Waals surface area (Å²) in [5, 5.41) is 2.77. The maximum atomic E-state index is 10.9. The number of nitrogens with one attached hydrogen (secondary N) is 1. The number of hydrogen-bond donors (Lipinski definition) is 2. The highest BCUT2D eigenvalue weighted by atomic mass is 35.5. The lowest BCUT2D eigenvalue weighted by molar-refractivity contribution is -0.119. The van der Waals surface area contributed by atoms with Crippen molar-refractivity contribution in [3.63, 3.8) is 0 Å². The van der Waals surface area contributed by atoms with E-state index in [0.29, 0.717) is 12.5 Å². The largest absolute Gasteiger partial charge is 0.355 e. The van der Waals surface area contributed by atoms with Crippen LogP contribution in [-0.2, 0) is 11.2 Å². The van der Waals surface area contributed by atoms with Gasteiger partial charge in [0.15, 0.2) is 0 Å². The van der Waals surface area contributed by atoms with Crippen LogP contribution < -0.4 is 11.1 Å². The molecule has 1 rings (SSSR count). The summed E-state index contributed by atoms with van der Waals surface area (Å²) in [7, 11) is 0. The van der Waals surface area contributed by atoms with Crippen LogP contribution in [0.25, 0.3) is 0 Å². The molecule has 0 saturated carbocycles. The molecule has 0 unspecified atom stereocenters. The predicted octanol–water partition coefficient (Wildman–Crippen LogP) is 2.24. The average molecular weight is 271 g/mol. The summed E-state index contributed by atoms with van der Waals surface area (Å²) in [6, 6.07) is 8.69. The van der Waals surface area contributed by atoms with Crippen molar-refractivity contribution in [2.75, 3.05) is 13.1 Å². The SMILES string of the molecule is CC(C)c1ccc(CCCNC(=O)CN)cc1.Cl. The molecule has 4 heteroatoms. The summed E-state index contributed by atoms with van der Waals surface area (Å²) in [5.41, 5.74) is 7.88. The third kappa shape index (κ3) is 6.03. The van der Waals surface area contributed by atoms with Gasteiger partial charge in [0, 0.05) is 6.54 Å². The van der Waals surface area contributed by atoms with Gasteiger partial charge in [-0.15, -0.1) is 12.4 Å². The monoisotopic (exact) mass is 270 g/mol. The number of aryl methyl sites for hydroxylation is 1. The minimum absolute atomic E-state index is 0. The predicted molar refractivity (Wildman–Crippen MR) is 78.2 cm³/mol. The van der Waals surface area contributed by atoms with Gasteiger partial charge in [0.05, 0.1) is 6.54 Å². The van der Waals surface area contributed by atoms with Crippen LogP contribution in [-0.4, -0.2) is 19.0 Å². The molecule has 1 amide bonds. The Morgan fingerprint density at radius 2 is 1.89 bits per heavy atom. The Balaban J connectivity index is 0.00000289. The lowest BCUT2D eigenvalue weighted by Crippen LogP contribution is -2.31. The summed E-state index contributed by atoms with van der Waals surface area (Å²) in [6.45, 7) is 5.15. The van der Waals surface area contributed by atoms with E-state index in [1.807, 2.05) is 0 Å². The van der Waals surface area contributed by atoms with E-state index in [4.69, 9.17) is 5.73 Å². The molecule has 0 spiro atoms. The Labute approximate surface area is 116 Å². The molecule has 18 heavy (non-hydrogen) atoms. The Hall–Kier alpha value is -1.06. The van der Waals surface area contributed by atoms with E-state index in [1.54, 1.807) is 0 Å². The van der Waals surface area contributed by atoms with Crippen LogP contribution >= 0.6 is 12.4 Å². The molecule has 0 fully saturated rings. The van der Waals surface area contributed by atoms with Crippen LogP contribution in [0.1, 0.15) is 37.3 Å². The van der Waals surface area contributed by atoms with Crippen molar-refractivity contribution in [2.24, 2.45) is 5.73 Å². The molecule has 0 aliphatic heterocycles. The molecule has 0 radical (unpaired) electrons. The zero-order valence-corrected chi connectivity index (χ0v) is 11.9. The Kier molecular flexibility index (Phi) is 8.42. The summed E-state index contributed by atoms with van der Waals surface area (Å²) >= 11 is 0. The van der Waals surface area contributed by atoms with Crippen molar-refractivity contribution in [3.8, 4) is 0 Å². The highest BCUT2D eigenvalue weighted by Gasteiger charge is 1.99.